The van der Waals surface area contributed by atoms with Crippen molar-refractivity contribution in [1.29, 1.82) is 0 Å². The first kappa shape index (κ1) is 14.0. The van der Waals surface area contributed by atoms with Gasteiger partial charge in [-0.05, 0) is 26.0 Å². The highest BCUT2D eigenvalue weighted by Gasteiger charge is 2.12. The average molecular weight is 281 g/mol. The van der Waals surface area contributed by atoms with Crippen molar-refractivity contribution in [2.24, 2.45) is 0 Å². The molecule has 2 aromatic heterocycles. The Morgan fingerprint density at radius 3 is 2.84 bits per heavy atom. The first-order valence-corrected chi connectivity index (χ1v) is 8.26. The van der Waals surface area contributed by atoms with Crippen molar-refractivity contribution in [2.45, 2.75) is 26.4 Å². The second-order valence-corrected chi connectivity index (χ2v) is 7.13. The summed E-state index contributed by atoms with van der Waals surface area (Å²) in [6.07, 6.45) is 3.22. The number of fused-ring (bicyclic) bond motifs is 1. The lowest BCUT2D eigenvalue weighted by Gasteiger charge is -2.12. The maximum Gasteiger partial charge on any atom is 0.148 e. The molecule has 0 spiro atoms. The van der Waals surface area contributed by atoms with Crippen LogP contribution in [0.15, 0.2) is 24.4 Å². The number of nitrogens with one attached hydrogen (secondary N) is 1. The zero-order valence-electron chi connectivity index (χ0n) is 11.4. The molecule has 0 bridgehead atoms. The summed E-state index contributed by atoms with van der Waals surface area (Å²) in [6.45, 7) is 4.44. The fourth-order valence-electron chi connectivity index (χ4n) is 2.16. The van der Waals surface area contributed by atoms with Gasteiger partial charge in [0, 0.05) is 25.0 Å². The molecule has 5 nitrogen and oxygen atoms in total. The Bertz CT molecular complexity index is 676. The number of imidazole rings is 1. The Labute approximate surface area is 113 Å². The molecule has 1 atom stereocenters. The zero-order chi connectivity index (χ0) is 14.0. The Morgan fingerprint density at radius 2 is 2.16 bits per heavy atom. The van der Waals surface area contributed by atoms with E-state index in [9.17, 15) is 8.42 Å². The third-order valence-corrected chi connectivity index (χ3v) is 4.11. The molecule has 104 valence electrons. The lowest BCUT2D eigenvalue weighted by atomic mass is 10.3. The standard InChI is InChI=1S/C13H19N3O2S/c1-10(9-19(3,17)18)14-8-12-11(2)15-13-6-4-5-7-16(12)13/h4-7,10,14H,8-9H2,1-3H3. The van der Waals surface area contributed by atoms with Crippen molar-refractivity contribution < 1.29 is 8.42 Å². The summed E-state index contributed by atoms with van der Waals surface area (Å²) >= 11 is 0. The molecule has 2 aromatic rings. The van der Waals surface area contributed by atoms with Gasteiger partial charge in [-0.2, -0.15) is 0 Å². The number of pyridine rings is 1. The summed E-state index contributed by atoms with van der Waals surface area (Å²) in [5.41, 5.74) is 2.94. The molecule has 2 heterocycles. The summed E-state index contributed by atoms with van der Waals surface area (Å²) in [6, 6.07) is 5.78. The van der Waals surface area contributed by atoms with Crippen molar-refractivity contribution in [1.82, 2.24) is 14.7 Å². The summed E-state index contributed by atoms with van der Waals surface area (Å²) in [5, 5.41) is 3.23. The van der Waals surface area contributed by atoms with Gasteiger partial charge in [0.05, 0.1) is 17.1 Å². The second-order valence-electron chi connectivity index (χ2n) is 4.95. The molecule has 0 radical (unpaired) electrons. The van der Waals surface area contributed by atoms with Gasteiger partial charge >= 0.3 is 0 Å². The molecule has 0 fully saturated rings. The van der Waals surface area contributed by atoms with Crippen LogP contribution in [0.2, 0.25) is 0 Å². The van der Waals surface area contributed by atoms with Gasteiger partial charge in [-0.25, -0.2) is 13.4 Å². The van der Waals surface area contributed by atoms with Crippen LogP contribution in [0.3, 0.4) is 0 Å². The molecule has 6 heteroatoms. The summed E-state index contributed by atoms with van der Waals surface area (Å²) in [4.78, 5) is 4.47. The molecule has 0 aliphatic rings. The van der Waals surface area contributed by atoms with E-state index in [0.717, 1.165) is 17.0 Å². The van der Waals surface area contributed by atoms with E-state index in [1.54, 1.807) is 0 Å². The second kappa shape index (κ2) is 5.30. The molecule has 0 aromatic carbocycles. The molecule has 0 saturated carbocycles. The van der Waals surface area contributed by atoms with Gasteiger partial charge in [-0.1, -0.05) is 6.07 Å². The first-order chi connectivity index (χ1) is 8.87. The van der Waals surface area contributed by atoms with Crippen LogP contribution in [0.25, 0.3) is 5.65 Å². The van der Waals surface area contributed by atoms with Crippen molar-refractivity contribution in [2.75, 3.05) is 12.0 Å². The quantitative estimate of drug-likeness (QED) is 0.893. The molecule has 1 unspecified atom stereocenters. The minimum Gasteiger partial charge on any atom is -0.308 e. The number of hydrogen-bond acceptors (Lipinski definition) is 4. The molecule has 19 heavy (non-hydrogen) atoms. The van der Waals surface area contributed by atoms with E-state index in [2.05, 4.69) is 10.3 Å². The largest absolute Gasteiger partial charge is 0.308 e. The summed E-state index contributed by atoms with van der Waals surface area (Å²) in [5.74, 6) is 0.142. The van der Waals surface area contributed by atoms with Gasteiger partial charge in [0.2, 0.25) is 0 Å². The van der Waals surface area contributed by atoms with Crippen LogP contribution in [0, 0.1) is 6.92 Å². The first-order valence-electron chi connectivity index (χ1n) is 6.20. The molecule has 1 N–H and O–H groups in total. The van der Waals surface area contributed by atoms with E-state index in [0.29, 0.717) is 6.54 Å². The van der Waals surface area contributed by atoms with E-state index in [4.69, 9.17) is 0 Å². The van der Waals surface area contributed by atoms with Gasteiger partial charge in [0.1, 0.15) is 15.5 Å². The van der Waals surface area contributed by atoms with E-state index in [1.807, 2.05) is 42.6 Å². The topological polar surface area (TPSA) is 63.5 Å². The van der Waals surface area contributed by atoms with Crippen LogP contribution in [-0.2, 0) is 16.4 Å². The van der Waals surface area contributed by atoms with E-state index >= 15 is 0 Å². The Balaban J connectivity index is 2.12. The maximum absolute atomic E-state index is 11.2. The number of aryl methyl sites for hydroxylation is 1. The number of sulfone groups is 1. The van der Waals surface area contributed by atoms with Gasteiger partial charge in [-0.15, -0.1) is 0 Å². The van der Waals surface area contributed by atoms with Crippen LogP contribution in [0.5, 0.6) is 0 Å². The van der Waals surface area contributed by atoms with Gasteiger partial charge in [0.25, 0.3) is 0 Å². The van der Waals surface area contributed by atoms with Crippen molar-refractivity contribution >= 4 is 15.5 Å². The smallest absolute Gasteiger partial charge is 0.148 e. The van der Waals surface area contributed by atoms with Gasteiger partial charge in [-0.3, -0.25) is 0 Å². The van der Waals surface area contributed by atoms with Crippen LogP contribution in [0.4, 0.5) is 0 Å². The number of nitrogens with zero attached hydrogens (tertiary/aromatic N) is 2. The molecule has 0 aliphatic heterocycles. The van der Waals surface area contributed by atoms with Crippen molar-refractivity contribution in [3.63, 3.8) is 0 Å². The molecule has 2 rings (SSSR count). The van der Waals surface area contributed by atoms with E-state index < -0.39 is 9.84 Å². The number of hydrogen-bond donors (Lipinski definition) is 1. The summed E-state index contributed by atoms with van der Waals surface area (Å²) in [7, 11) is -2.95. The number of aromatic nitrogens is 2. The molecule has 0 amide bonds. The minimum atomic E-state index is -2.95. The SMILES string of the molecule is Cc1nc2ccccn2c1CNC(C)CS(C)(=O)=O. The highest BCUT2D eigenvalue weighted by atomic mass is 32.2. The van der Waals surface area contributed by atoms with Gasteiger partial charge < -0.3 is 9.72 Å². The Kier molecular flexibility index (Phi) is 3.91. The van der Waals surface area contributed by atoms with E-state index in [1.165, 1.54) is 6.26 Å². The van der Waals surface area contributed by atoms with Crippen LogP contribution in [0.1, 0.15) is 18.3 Å². The maximum atomic E-state index is 11.2. The average Bonchev–Trinajstić information content (AvgIpc) is 2.60. The van der Waals surface area contributed by atoms with Crippen molar-refractivity contribution in [3.05, 3.63) is 35.8 Å². The monoisotopic (exact) mass is 281 g/mol. The van der Waals surface area contributed by atoms with Gasteiger partial charge in [0.15, 0.2) is 0 Å². The van der Waals surface area contributed by atoms with Crippen LogP contribution in [-0.4, -0.2) is 35.9 Å². The third kappa shape index (κ3) is 3.54. The number of rotatable bonds is 5. The fourth-order valence-corrected chi connectivity index (χ4v) is 3.19. The Morgan fingerprint density at radius 1 is 1.42 bits per heavy atom. The molecule has 0 aliphatic carbocycles. The summed E-state index contributed by atoms with van der Waals surface area (Å²) < 4.78 is 24.5. The van der Waals surface area contributed by atoms with E-state index in [-0.39, 0.29) is 11.8 Å². The highest BCUT2D eigenvalue weighted by molar-refractivity contribution is 7.90. The Hall–Kier alpha value is -1.40. The predicted octanol–water partition coefficient (Wildman–Crippen LogP) is 1.17. The lowest BCUT2D eigenvalue weighted by Crippen LogP contribution is -2.32. The molecular formula is C13H19N3O2S. The van der Waals surface area contributed by atoms with Crippen LogP contribution >= 0.6 is 0 Å². The lowest BCUT2D eigenvalue weighted by molar-refractivity contribution is 0.554. The minimum absolute atomic E-state index is 0.0799. The molecule has 0 saturated heterocycles. The van der Waals surface area contributed by atoms with Crippen molar-refractivity contribution in [3.8, 4) is 0 Å². The third-order valence-electron chi connectivity index (χ3n) is 3.00. The molecular weight excluding hydrogens is 262 g/mol. The normalized spacial score (nSPS) is 13.8. The zero-order valence-corrected chi connectivity index (χ0v) is 12.2. The highest BCUT2D eigenvalue weighted by Crippen LogP contribution is 2.11. The predicted molar refractivity (Wildman–Crippen MR) is 75.9 cm³/mol. The van der Waals surface area contributed by atoms with Crippen LogP contribution < -0.4 is 5.32 Å². The fraction of sp³-hybridized carbons (Fsp3) is 0.462.